The summed E-state index contributed by atoms with van der Waals surface area (Å²) in [6, 6.07) is 10.1. The number of hydrogen-bond donors (Lipinski definition) is 1. The Balaban J connectivity index is 2.36. The van der Waals surface area contributed by atoms with Gasteiger partial charge in [-0.05, 0) is 19.4 Å². The maximum Gasteiger partial charge on any atom is 0.221 e. The molecule has 0 fully saturated rings. The molecule has 1 N–H and O–H groups in total. The Bertz CT molecular complexity index is 577. The summed E-state index contributed by atoms with van der Waals surface area (Å²) >= 11 is 6.18. The summed E-state index contributed by atoms with van der Waals surface area (Å²) < 4.78 is 5.22. The first kappa shape index (κ1) is 14.6. The number of methoxy groups -OCH3 is 1. The van der Waals surface area contributed by atoms with E-state index in [0.29, 0.717) is 11.8 Å². The monoisotopic (exact) mass is 291 g/mol. The van der Waals surface area contributed by atoms with E-state index in [-0.39, 0.29) is 0 Å². The Morgan fingerprint density at radius 1 is 1.25 bits per heavy atom. The first-order chi connectivity index (χ1) is 9.60. The Labute approximate surface area is 124 Å². The molecule has 0 saturated carbocycles. The molecule has 0 spiro atoms. The fourth-order valence-corrected chi connectivity index (χ4v) is 2.24. The molecule has 1 unspecified atom stereocenters. The first-order valence-corrected chi connectivity index (χ1v) is 6.89. The second-order valence-corrected chi connectivity index (χ2v) is 5.08. The molecule has 1 atom stereocenters. The topological polar surface area (TPSA) is 47.0 Å². The molecule has 20 heavy (non-hydrogen) atoms. The van der Waals surface area contributed by atoms with Gasteiger partial charge in [0.1, 0.15) is 12.1 Å². The van der Waals surface area contributed by atoms with Crippen molar-refractivity contribution in [3.8, 4) is 5.88 Å². The zero-order valence-electron chi connectivity index (χ0n) is 11.9. The van der Waals surface area contributed by atoms with Crippen molar-refractivity contribution in [2.45, 2.75) is 19.4 Å². The van der Waals surface area contributed by atoms with E-state index in [0.717, 1.165) is 16.9 Å². The zero-order chi connectivity index (χ0) is 14.6. The minimum Gasteiger partial charge on any atom is -0.481 e. The second-order valence-electron chi connectivity index (χ2n) is 4.81. The van der Waals surface area contributed by atoms with Crippen molar-refractivity contribution in [1.82, 2.24) is 9.97 Å². The largest absolute Gasteiger partial charge is 0.481 e. The zero-order valence-corrected chi connectivity index (χ0v) is 12.6. The minimum atomic E-state index is -0.410. The number of nitrogens with one attached hydrogen (secondary N) is 1. The Morgan fingerprint density at radius 3 is 2.55 bits per heavy atom. The number of rotatable bonds is 5. The summed E-state index contributed by atoms with van der Waals surface area (Å²) in [4.78, 5) is 8.36. The van der Waals surface area contributed by atoms with Crippen molar-refractivity contribution in [3.05, 3.63) is 47.8 Å². The molecule has 0 radical (unpaired) electrons. The molecule has 1 aromatic heterocycles. The maximum absolute atomic E-state index is 6.18. The van der Waals surface area contributed by atoms with Crippen molar-refractivity contribution in [1.29, 1.82) is 0 Å². The van der Waals surface area contributed by atoms with Gasteiger partial charge < -0.3 is 10.1 Å². The van der Waals surface area contributed by atoms with E-state index in [9.17, 15) is 0 Å². The standard InChI is InChI=1S/C15H18ClN3O/c1-11-13(17-10-18-14(11)20-3)19-15(2,9-16)12-7-5-4-6-8-12/h4-8,10H,9H2,1-3H3,(H,17,18,19). The first-order valence-electron chi connectivity index (χ1n) is 6.36. The highest BCUT2D eigenvalue weighted by Crippen LogP contribution is 2.29. The lowest BCUT2D eigenvalue weighted by Crippen LogP contribution is -2.34. The molecule has 4 nitrogen and oxygen atoms in total. The summed E-state index contributed by atoms with van der Waals surface area (Å²) in [6.45, 7) is 3.96. The third-order valence-electron chi connectivity index (χ3n) is 3.30. The highest BCUT2D eigenvalue weighted by molar-refractivity contribution is 6.18. The lowest BCUT2D eigenvalue weighted by atomic mass is 9.94. The van der Waals surface area contributed by atoms with E-state index in [2.05, 4.69) is 15.3 Å². The van der Waals surface area contributed by atoms with Gasteiger partial charge in [0.05, 0.1) is 18.2 Å². The van der Waals surface area contributed by atoms with Crippen LogP contribution < -0.4 is 10.1 Å². The maximum atomic E-state index is 6.18. The molecular formula is C15H18ClN3O. The van der Waals surface area contributed by atoms with Crippen LogP contribution in [-0.2, 0) is 5.54 Å². The molecule has 2 rings (SSSR count). The lowest BCUT2D eigenvalue weighted by Gasteiger charge is -2.30. The summed E-state index contributed by atoms with van der Waals surface area (Å²) in [5.74, 6) is 1.71. The van der Waals surface area contributed by atoms with Gasteiger partial charge in [-0.25, -0.2) is 9.97 Å². The van der Waals surface area contributed by atoms with E-state index in [1.165, 1.54) is 6.33 Å². The molecule has 0 aliphatic carbocycles. The van der Waals surface area contributed by atoms with E-state index >= 15 is 0 Å². The number of alkyl halides is 1. The molecule has 1 aromatic carbocycles. The molecule has 2 aromatic rings. The predicted molar refractivity (Wildman–Crippen MR) is 81.5 cm³/mol. The number of nitrogens with zero attached hydrogens (tertiary/aromatic N) is 2. The molecule has 0 saturated heterocycles. The van der Waals surface area contributed by atoms with Crippen LogP contribution in [0.4, 0.5) is 5.82 Å². The second kappa shape index (κ2) is 6.09. The molecular weight excluding hydrogens is 274 g/mol. The van der Waals surface area contributed by atoms with Gasteiger partial charge in [0, 0.05) is 5.88 Å². The van der Waals surface area contributed by atoms with Gasteiger partial charge in [-0.1, -0.05) is 30.3 Å². The van der Waals surface area contributed by atoms with Crippen LogP contribution in [0.25, 0.3) is 0 Å². The van der Waals surface area contributed by atoms with Crippen molar-refractivity contribution in [3.63, 3.8) is 0 Å². The van der Waals surface area contributed by atoms with Crippen LogP contribution in [0.5, 0.6) is 5.88 Å². The number of halogens is 1. The van der Waals surface area contributed by atoms with Crippen molar-refractivity contribution in [2.24, 2.45) is 0 Å². The summed E-state index contributed by atoms with van der Waals surface area (Å²) in [7, 11) is 1.59. The molecule has 5 heteroatoms. The number of anilines is 1. The molecule has 106 valence electrons. The van der Waals surface area contributed by atoms with Gasteiger partial charge in [-0.2, -0.15) is 0 Å². The fourth-order valence-electron chi connectivity index (χ4n) is 2.02. The van der Waals surface area contributed by atoms with E-state index in [1.54, 1.807) is 7.11 Å². The van der Waals surface area contributed by atoms with Crippen molar-refractivity contribution < 1.29 is 4.74 Å². The average molecular weight is 292 g/mol. The van der Waals surface area contributed by atoms with Crippen molar-refractivity contribution in [2.75, 3.05) is 18.3 Å². The van der Waals surface area contributed by atoms with Gasteiger partial charge in [0.15, 0.2) is 0 Å². The van der Waals surface area contributed by atoms with Crippen LogP contribution in [0, 0.1) is 6.92 Å². The van der Waals surface area contributed by atoms with E-state index in [1.807, 2.05) is 44.2 Å². The molecule has 1 heterocycles. The third-order valence-corrected chi connectivity index (χ3v) is 3.84. The van der Waals surface area contributed by atoms with Gasteiger partial charge >= 0.3 is 0 Å². The SMILES string of the molecule is COc1ncnc(NC(C)(CCl)c2ccccc2)c1C. The number of aromatic nitrogens is 2. The Hall–Kier alpha value is -1.81. The normalized spacial score (nSPS) is 13.6. The summed E-state index contributed by atoms with van der Waals surface area (Å²) in [6.07, 6.45) is 1.48. The van der Waals surface area contributed by atoms with Crippen LogP contribution in [-0.4, -0.2) is 23.0 Å². The molecule has 0 aliphatic heterocycles. The number of ether oxygens (including phenoxy) is 1. The van der Waals surface area contributed by atoms with Crippen LogP contribution in [0.3, 0.4) is 0 Å². The molecule has 0 aliphatic rings. The predicted octanol–water partition coefficient (Wildman–Crippen LogP) is 3.36. The highest BCUT2D eigenvalue weighted by atomic mass is 35.5. The Kier molecular flexibility index (Phi) is 4.45. The van der Waals surface area contributed by atoms with Crippen LogP contribution in [0.2, 0.25) is 0 Å². The lowest BCUT2D eigenvalue weighted by molar-refractivity contribution is 0.393. The number of benzene rings is 1. The summed E-state index contributed by atoms with van der Waals surface area (Å²) in [5, 5.41) is 3.40. The van der Waals surface area contributed by atoms with Crippen LogP contribution in [0.15, 0.2) is 36.7 Å². The molecule has 0 amide bonds. The quantitative estimate of drug-likeness (QED) is 0.858. The minimum absolute atomic E-state index is 0.410. The van der Waals surface area contributed by atoms with Gasteiger partial charge in [-0.3, -0.25) is 0 Å². The van der Waals surface area contributed by atoms with Crippen LogP contribution >= 0.6 is 11.6 Å². The van der Waals surface area contributed by atoms with E-state index < -0.39 is 5.54 Å². The van der Waals surface area contributed by atoms with E-state index in [4.69, 9.17) is 16.3 Å². The van der Waals surface area contributed by atoms with Crippen molar-refractivity contribution >= 4 is 17.4 Å². The van der Waals surface area contributed by atoms with Gasteiger partial charge in [0.25, 0.3) is 0 Å². The fraction of sp³-hybridized carbons (Fsp3) is 0.333. The van der Waals surface area contributed by atoms with Gasteiger partial charge in [0.2, 0.25) is 5.88 Å². The van der Waals surface area contributed by atoms with Crippen LogP contribution in [0.1, 0.15) is 18.1 Å². The third kappa shape index (κ3) is 2.85. The molecule has 0 bridgehead atoms. The highest BCUT2D eigenvalue weighted by Gasteiger charge is 2.27. The smallest absolute Gasteiger partial charge is 0.221 e. The Morgan fingerprint density at radius 2 is 1.95 bits per heavy atom. The summed E-state index contributed by atoms with van der Waals surface area (Å²) in [5.41, 5.74) is 1.56. The average Bonchev–Trinajstić information content (AvgIpc) is 2.50. The van der Waals surface area contributed by atoms with Gasteiger partial charge in [-0.15, -0.1) is 11.6 Å². The number of hydrogen-bond acceptors (Lipinski definition) is 4.